The Morgan fingerprint density at radius 3 is 0.755 bits per heavy atom. The van der Waals surface area contributed by atoms with Crippen LogP contribution in [0, 0.1) is 0 Å². The number of ether oxygens (including phenoxy) is 18. The van der Waals surface area contributed by atoms with Crippen LogP contribution in [0.1, 0.15) is 118 Å². The first-order chi connectivity index (χ1) is 49.5. The fraction of sp³-hybridized carbons (Fsp3) is 0.432. The Hall–Kier alpha value is -10.4. The Balaban J connectivity index is 0.000000286. The molecule has 0 aromatic heterocycles. The molecule has 4 aromatic carbocycles. The number of hydrogen-bond acceptors (Lipinski definition) is 28. The lowest BCUT2D eigenvalue weighted by Gasteiger charge is -2.17. The maximum absolute atomic E-state index is 12.9. The molecule has 4 fully saturated rings. The van der Waals surface area contributed by atoms with E-state index in [0.29, 0.717) is 74.7 Å². The number of benzene rings is 4. The molecule has 102 heavy (non-hydrogen) atoms. The quantitative estimate of drug-likeness (QED) is 0.0131. The van der Waals surface area contributed by atoms with Gasteiger partial charge in [-0.25, -0.2) is 47.9 Å². The van der Waals surface area contributed by atoms with Gasteiger partial charge in [-0.15, -0.1) is 0 Å². The highest BCUT2D eigenvalue weighted by molar-refractivity contribution is 5.92. The molecule has 4 aliphatic rings. The third kappa shape index (κ3) is 26.9. The molecule has 0 aliphatic carbocycles. The highest BCUT2D eigenvalue weighted by atomic mass is 16.7. The fourth-order valence-electron chi connectivity index (χ4n) is 10.2. The third-order valence-corrected chi connectivity index (χ3v) is 15.5. The SMILES string of the molecule is C=CC(=O)OCCCCCCOc1ccc(C(=O)O[C@H]2COC3C2OC[C@H]3OC(=O)c2ccc(OCCCCCCOC(=O)C=C)cc2)cc1.C=CC(=O)OCCCCOC(=O)Oc1ccc(C(=O)O[C@H]2COC3C2OC[C@H]3OC(=O)c2ccc(OC(=O)OCCCCOC(=O)C=C)cc2)cc1. The van der Waals surface area contributed by atoms with Crippen molar-refractivity contribution in [3.05, 3.63) is 170 Å². The van der Waals surface area contributed by atoms with E-state index in [1.807, 2.05) is 0 Å². The van der Waals surface area contributed by atoms with Crippen molar-refractivity contribution in [2.45, 2.75) is 126 Å². The number of hydrogen-bond donors (Lipinski definition) is 0. The van der Waals surface area contributed by atoms with E-state index in [2.05, 4.69) is 26.3 Å². The molecular weight excluding hydrogens is 1340 g/mol. The summed E-state index contributed by atoms with van der Waals surface area (Å²) in [6.07, 6.45) is 6.21. The van der Waals surface area contributed by atoms with Gasteiger partial charge >= 0.3 is 60.1 Å². The minimum absolute atomic E-state index is 0.0176. The van der Waals surface area contributed by atoms with E-state index < -0.39 is 109 Å². The van der Waals surface area contributed by atoms with Gasteiger partial charge < -0.3 is 85.3 Å². The lowest BCUT2D eigenvalue weighted by atomic mass is 10.1. The van der Waals surface area contributed by atoms with Gasteiger partial charge in [0.2, 0.25) is 0 Å². The van der Waals surface area contributed by atoms with Crippen LogP contribution in [-0.4, -0.2) is 188 Å². The number of carbonyl (C=O) groups excluding carboxylic acids is 10. The molecule has 0 amide bonds. The van der Waals surface area contributed by atoms with Gasteiger partial charge in [0.15, 0.2) is 24.4 Å². The van der Waals surface area contributed by atoms with Crippen LogP contribution in [0.5, 0.6) is 23.0 Å². The molecule has 8 rings (SSSR count). The molecule has 0 spiro atoms. The van der Waals surface area contributed by atoms with Crippen LogP contribution in [0.3, 0.4) is 0 Å². The molecule has 4 heterocycles. The molecule has 0 bridgehead atoms. The van der Waals surface area contributed by atoms with Gasteiger partial charge in [0.05, 0.1) is 102 Å². The average molecular weight is 1420 g/mol. The summed E-state index contributed by atoms with van der Waals surface area (Å²) in [5.74, 6) is -2.64. The van der Waals surface area contributed by atoms with Crippen LogP contribution in [0.25, 0.3) is 0 Å². The van der Waals surface area contributed by atoms with Crippen molar-refractivity contribution in [1.82, 2.24) is 0 Å². The number of unbranched alkanes of at least 4 members (excludes halogenated alkanes) is 8. The summed E-state index contributed by atoms with van der Waals surface area (Å²) in [5.41, 5.74) is 1.10. The van der Waals surface area contributed by atoms with Crippen molar-refractivity contribution in [2.75, 3.05) is 79.3 Å². The van der Waals surface area contributed by atoms with Crippen molar-refractivity contribution in [3.8, 4) is 23.0 Å². The van der Waals surface area contributed by atoms with Gasteiger partial charge in [-0.2, -0.15) is 0 Å². The zero-order valence-electron chi connectivity index (χ0n) is 56.4. The Morgan fingerprint density at radius 1 is 0.294 bits per heavy atom. The molecule has 28 nitrogen and oxygen atoms in total. The third-order valence-electron chi connectivity index (χ3n) is 15.5. The number of esters is 8. The molecule has 548 valence electrons. The van der Waals surface area contributed by atoms with E-state index in [0.717, 1.165) is 75.7 Å². The number of rotatable bonds is 40. The molecule has 0 radical (unpaired) electrons. The van der Waals surface area contributed by atoms with Gasteiger partial charge in [0, 0.05) is 24.3 Å². The van der Waals surface area contributed by atoms with Crippen molar-refractivity contribution in [3.63, 3.8) is 0 Å². The number of fused-ring (bicyclic) bond motifs is 2. The van der Waals surface area contributed by atoms with E-state index in [-0.39, 0.29) is 75.5 Å². The van der Waals surface area contributed by atoms with E-state index in [4.69, 9.17) is 85.3 Å². The van der Waals surface area contributed by atoms with Crippen LogP contribution in [0.15, 0.2) is 148 Å². The Kier molecular flexibility index (Phi) is 33.5. The first kappa shape index (κ1) is 78.9. The number of carbonyl (C=O) groups is 10. The highest BCUT2D eigenvalue weighted by Crippen LogP contribution is 2.34. The first-order valence-electron chi connectivity index (χ1n) is 33.4. The topological polar surface area (TPSA) is 337 Å². The van der Waals surface area contributed by atoms with Gasteiger partial charge in [-0.05, 0) is 174 Å². The van der Waals surface area contributed by atoms with Crippen molar-refractivity contribution in [1.29, 1.82) is 0 Å². The Labute approximate surface area is 589 Å². The zero-order chi connectivity index (χ0) is 72.9. The largest absolute Gasteiger partial charge is 0.513 e. The standard InChI is InChI=1S/C38H46O12.C36H38O16/c1-3-33(39)45-23-11-7-5-9-21-43-29-17-13-27(14-18-29)37(41)49-31-25-47-36-32(26-48-35(31)36)50-38(42)28-15-19-30(20-16-28)44-22-10-6-8-12-24-46-34(40)4-2;1-3-29(37)43-17-5-7-19-45-35(41)49-25-13-9-23(10-14-25)33(39)51-27-21-47-32-28(22-48-31(27)32)52-34(40)24-11-15-26(16-12-24)50-36(42)46-20-8-6-18-44-30(38)4-2/h3-4,13-20,31-32,35-36H,1-2,5-12,21-26H2;3-4,9-16,27-28,31-32H,1-2,5-8,17-22H2/t31-,32+,35?,36?;27-,28+,31?,32?. The monoisotopic (exact) mass is 1420 g/mol. The van der Waals surface area contributed by atoms with Crippen LogP contribution < -0.4 is 18.9 Å². The second-order valence-corrected chi connectivity index (χ2v) is 22.9. The van der Waals surface area contributed by atoms with Crippen molar-refractivity contribution in [2.24, 2.45) is 0 Å². The molecule has 4 saturated heterocycles. The fourth-order valence-corrected chi connectivity index (χ4v) is 10.2. The van der Waals surface area contributed by atoms with Gasteiger partial charge in [0.1, 0.15) is 47.4 Å². The smallest absolute Gasteiger partial charge is 0.494 e. The Morgan fingerprint density at radius 2 is 0.510 bits per heavy atom. The second-order valence-electron chi connectivity index (χ2n) is 22.9. The molecule has 4 aromatic rings. The van der Waals surface area contributed by atoms with Gasteiger partial charge in [0.25, 0.3) is 0 Å². The summed E-state index contributed by atoms with van der Waals surface area (Å²) in [6.45, 7) is 15.9. The van der Waals surface area contributed by atoms with E-state index in [1.165, 1.54) is 48.5 Å². The summed E-state index contributed by atoms with van der Waals surface area (Å²) in [5, 5.41) is 0. The van der Waals surface area contributed by atoms with E-state index in [1.54, 1.807) is 48.5 Å². The average Bonchev–Trinajstić information content (AvgIpc) is 1.65. The highest BCUT2D eigenvalue weighted by Gasteiger charge is 2.52. The van der Waals surface area contributed by atoms with Gasteiger partial charge in [-0.1, -0.05) is 26.3 Å². The lowest BCUT2D eigenvalue weighted by Crippen LogP contribution is -2.36. The molecule has 28 heteroatoms. The predicted molar refractivity (Wildman–Crippen MR) is 357 cm³/mol. The molecule has 0 saturated carbocycles. The van der Waals surface area contributed by atoms with Crippen LogP contribution >= 0.6 is 0 Å². The zero-order valence-corrected chi connectivity index (χ0v) is 56.4. The minimum Gasteiger partial charge on any atom is -0.494 e. The van der Waals surface area contributed by atoms with Crippen LogP contribution in [0.2, 0.25) is 0 Å². The minimum atomic E-state index is -0.930. The summed E-state index contributed by atoms with van der Waals surface area (Å²) >= 11 is 0. The Bertz CT molecular complexity index is 3200. The van der Waals surface area contributed by atoms with E-state index in [9.17, 15) is 47.9 Å². The summed E-state index contributed by atoms with van der Waals surface area (Å²) in [7, 11) is 0. The molecule has 0 N–H and O–H groups in total. The first-order valence-corrected chi connectivity index (χ1v) is 33.4. The summed E-state index contributed by atoms with van der Waals surface area (Å²) in [4.78, 5) is 119. The van der Waals surface area contributed by atoms with Gasteiger partial charge in [-0.3, -0.25) is 0 Å². The molecule has 8 atom stereocenters. The predicted octanol–water partition coefficient (Wildman–Crippen LogP) is 9.86. The van der Waals surface area contributed by atoms with Crippen molar-refractivity contribution < 1.29 is 133 Å². The van der Waals surface area contributed by atoms with Crippen LogP contribution in [0.4, 0.5) is 9.59 Å². The van der Waals surface area contributed by atoms with Crippen LogP contribution in [-0.2, 0) is 85.5 Å². The summed E-state index contributed by atoms with van der Waals surface area (Å²) < 4.78 is 97.1. The summed E-state index contributed by atoms with van der Waals surface area (Å²) in [6, 6.07) is 24.7. The maximum atomic E-state index is 12.9. The maximum Gasteiger partial charge on any atom is 0.513 e. The van der Waals surface area contributed by atoms with Crippen molar-refractivity contribution >= 4 is 60.1 Å². The second kappa shape index (κ2) is 43.3. The lowest BCUT2D eigenvalue weighted by molar-refractivity contribution is -0.138. The normalized spacial score (nSPS) is 18.8. The van der Waals surface area contributed by atoms with E-state index >= 15 is 0 Å². The molecular formula is C74H84O28. The molecule has 4 unspecified atom stereocenters. The molecule has 4 aliphatic heterocycles.